The summed E-state index contributed by atoms with van der Waals surface area (Å²) in [6, 6.07) is 5.35. The first-order chi connectivity index (χ1) is 6.02. The molecule has 0 heterocycles. The standard InChI is InChI=1S/C10H14N2O/c1-7-4-5-8(11)6-9(7)10(13)12(2)3/h4-6H,11H2,1-3H3. The summed E-state index contributed by atoms with van der Waals surface area (Å²) in [6.45, 7) is 1.90. The highest BCUT2D eigenvalue weighted by atomic mass is 16.2. The fraction of sp³-hybridized carbons (Fsp3) is 0.300. The number of nitrogens with zero attached hydrogens (tertiary/aromatic N) is 1. The van der Waals surface area contributed by atoms with Gasteiger partial charge in [0.25, 0.3) is 5.91 Å². The molecule has 1 aromatic rings. The van der Waals surface area contributed by atoms with Crippen LogP contribution in [-0.4, -0.2) is 24.9 Å². The van der Waals surface area contributed by atoms with Gasteiger partial charge in [0.05, 0.1) is 0 Å². The van der Waals surface area contributed by atoms with E-state index in [1.807, 2.05) is 13.0 Å². The van der Waals surface area contributed by atoms with Gasteiger partial charge in [-0.2, -0.15) is 0 Å². The summed E-state index contributed by atoms with van der Waals surface area (Å²) in [4.78, 5) is 13.1. The zero-order valence-electron chi connectivity index (χ0n) is 8.16. The highest BCUT2D eigenvalue weighted by Gasteiger charge is 2.10. The molecule has 70 valence electrons. The van der Waals surface area contributed by atoms with Gasteiger partial charge in [0.1, 0.15) is 0 Å². The maximum Gasteiger partial charge on any atom is 0.253 e. The number of hydrogen-bond acceptors (Lipinski definition) is 2. The molecule has 13 heavy (non-hydrogen) atoms. The molecule has 0 radical (unpaired) electrons. The van der Waals surface area contributed by atoms with E-state index in [9.17, 15) is 4.79 Å². The van der Waals surface area contributed by atoms with Crippen molar-refractivity contribution in [2.24, 2.45) is 0 Å². The van der Waals surface area contributed by atoms with Gasteiger partial charge >= 0.3 is 0 Å². The Morgan fingerprint density at radius 3 is 2.54 bits per heavy atom. The Kier molecular flexibility index (Phi) is 2.56. The molecule has 1 amide bonds. The summed E-state index contributed by atoms with van der Waals surface area (Å²) in [7, 11) is 3.45. The van der Waals surface area contributed by atoms with Crippen LogP contribution in [0.2, 0.25) is 0 Å². The first-order valence-corrected chi connectivity index (χ1v) is 4.10. The zero-order chi connectivity index (χ0) is 10.0. The second-order valence-electron chi connectivity index (χ2n) is 3.27. The van der Waals surface area contributed by atoms with Crippen LogP contribution in [-0.2, 0) is 0 Å². The van der Waals surface area contributed by atoms with Crippen molar-refractivity contribution in [1.82, 2.24) is 4.90 Å². The minimum atomic E-state index is -0.00944. The largest absolute Gasteiger partial charge is 0.399 e. The summed E-state index contributed by atoms with van der Waals surface area (Å²) in [6.07, 6.45) is 0. The van der Waals surface area contributed by atoms with Crippen molar-refractivity contribution in [1.29, 1.82) is 0 Å². The molecule has 0 fully saturated rings. The Hall–Kier alpha value is -1.51. The van der Waals surface area contributed by atoms with E-state index >= 15 is 0 Å². The molecule has 0 aliphatic rings. The van der Waals surface area contributed by atoms with Crippen molar-refractivity contribution in [3.63, 3.8) is 0 Å². The molecule has 0 aliphatic heterocycles. The quantitative estimate of drug-likeness (QED) is 0.658. The van der Waals surface area contributed by atoms with Crippen molar-refractivity contribution in [2.45, 2.75) is 6.92 Å². The van der Waals surface area contributed by atoms with Crippen LogP contribution in [0.15, 0.2) is 18.2 Å². The van der Waals surface area contributed by atoms with Crippen LogP contribution in [0.4, 0.5) is 5.69 Å². The molecule has 0 bridgehead atoms. The second kappa shape index (κ2) is 3.47. The lowest BCUT2D eigenvalue weighted by atomic mass is 10.1. The van der Waals surface area contributed by atoms with Crippen molar-refractivity contribution < 1.29 is 4.79 Å². The van der Waals surface area contributed by atoms with E-state index in [1.54, 1.807) is 31.1 Å². The van der Waals surface area contributed by atoms with E-state index in [-0.39, 0.29) is 5.91 Å². The van der Waals surface area contributed by atoms with Gasteiger partial charge in [-0.3, -0.25) is 4.79 Å². The van der Waals surface area contributed by atoms with Gasteiger partial charge in [0.15, 0.2) is 0 Å². The molecular weight excluding hydrogens is 164 g/mol. The van der Waals surface area contributed by atoms with Crippen molar-refractivity contribution in [3.05, 3.63) is 29.3 Å². The Balaban J connectivity index is 3.13. The molecule has 2 N–H and O–H groups in total. The number of rotatable bonds is 1. The third-order valence-corrected chi connectivity index (χ3v) is 1.90. The highest BCUT2D eigenvalue weighted by Crippen LogP contribution is 2.13. The Morgan fingerprint density at radius 2 is 2.00 bits per heavy atom. The van der Waals surface area contributed by atoms with E-state index in [1.165, 1.54) is 0 Å². The van der Waals surface area contributed by atoms with E-state index in [0.717, 1.165) is 5.56 Å². The van der Waals surface area contributed by atoms with Gasteiger partial charge in [-0.25, -0.2) is 0 Å². The number of carbonyl (C=O) groups excluding carboxylic acids is 1. The number of amides is 1. The molecule has 0 aromatic heterocycles. The van der Waals surface area contributed by atoms with Crippen LogP contribution in [0.5, 0.6) is 0 Å². The average Bonchev–Trinajstić information content (AvgIpc) is 2.08. The molecule has 3 nitrogen and oxygen atoms in total. The number of nitrogen functional groups attached to an aromatic ring is 1. The third kappa shape index (κ3) is 1.99. The van der Waals surface area contributed by atoms with Gasteiger partial charge in [-0.05, 0) is 24.6 Å². The Labute approximate surface area is 78.2 Å². The Morgan fingerprint density at radius 1 is 1.38 bits per heavy atom. The third-order valence-electron chi connectivity index (χ3n) is 1.90. The summed E-state index contributed by atoms with van der Waals surface area (Å²) >= 11 is 0. The monoisotopic (exact) mass is 178 g/mol. The van der Waals surface area contributed by atoms with Gasteiger partial charge < -0.3 is 10.6 Å². The molecule has 1 aromatic carbocycles. The number of carbonyl (C=O) groups is 1. The average molecular weight is 178 g/mol. The lowest BCUT2D eigenvalue weighted by molar-refractivity contribution is 0.0827. The maximum absolute atomic E-state index is 11.6. The van der Waals surface area contributed by atoms with Crippen LogP contribution < -0.4 is 5.73 Å². The summed E-state index contributed by atoms with van der Waals surface area (Å²) in [5.41, 5.74) is 7.84. The normalized spacial score (nSPS) is 9.77. The van der Waals surface area contributed by atoms with Crippen LogP contribution >= 0.6 is 0 Å². The summed E-state index contributed by atoms with van der Waals surface area (Å²) in [5, 5.41) is 0. The SMILES string of the molecule is Cc1ccc(N)cc1C(=O)N(C)C. The van der Waals surface area contributed by atoms with Gasteiger partial charge in [-0.15, -0.1) is 0 Å². The molecular formula is C10H14N2O. The molecule has 0 unspecified atom stereocenters. The second-order valence-corrected chi connectivity index (χ2v) is 3.27. The van der Waals surface area contributed by atoms with E-state index < -0.39 is 0 Å². The lowest BCUT2D eigenvalue weighted by Crippen LogP contribution is -2.22. The predicted molar refractivity (Wildman–Crippen MR) is 53.6 cm³/mol. The van der Waals surface area contributed by atoms with Crippen molar-refractivity contribution in [2.75, 3.05) is 19.8 Å². The number of nitrogens with two attached hydrogens (primary N) is 1. The van der Waals surface area contributed by atoms with Gasteiger partial charge in [-0.1, -0.05) is 6.07 Å². The van der Waals surface area contributed by atoms with E-state index in [0.29, 0.717) is 11.3 Å². The lowest BCUT2D eigenvalue weighted by Gasteiger charge is -2.12. The molecule has 0 saturated heterocycles. The molecule has 0 atom stereocenters. The van der Waals surface area contributed by atoms with Gasteiger partial charge in [0.2, 0.25) is 0 Å². The fourth-order valence-corrected chi connectivity index (χ4v) is 1.11. The van der Waals surface area contributed by atoms with Crippen LogP contribution in [0.3, 0.4) is 0 Å². The minimum absolute atomic E-state index is 0.00944. The minimum Gasteiger partial charge on any atom is -0.399 e. The van der Waals surface area contributed by atoms with Gasteiger partial charge in [0, 0.05) is 25.3 Å². The Bertz CT molecular complexity index is 332. The molecule has 1 rings (SSSR count). The summed E-state index contributed by atoms with van der Waals surface area (Å²) < 4.78 is 0. The van der Waals surface area contributed by atoms with Crippen molar-refractivity contribution in [3.8, 4) is 0 Å². The number of aryl methyl sites for hydroxylation is 1. The first-order valence-electron chi connectivity index (χ1n) is 4.10. The topological polar surface area (TPSA) is 46.3 Å². The molecule has 0 aliphatic carbocycles. The fourth-order valence-electron chi connectivity index (χ4n) is 1.11. The van der Waals surface area contributed by atoms with Crippen LogP contribution in [0.1, 0.15) is 15.9 Å². The molecule has 0 spiro atoms. The molecule has 3 heteroatoms. The van der Waals surface area contributed by atoms with Crippen molar-refractivity contribution >= 4 is 11.6 Å². The first kappa shape index (κ1) is 9.58. The van der Waals surface area contributed by atoms with Crippen LogP contribution in [0.25, 0.3) is 0 Å². The number of benzene rings is 1. The zero-order valence-corrected chi connectivity index (χ0v) is 8.16. The van der Waals surface area contributed by atoms with E-state index in [2.05, 4.69) is 0 Å². The predicted octanol–water partition coefficient (Wildman–Crippen LogP) is 1.28. The number of hydrogen-bond donors (Lipinski definition) is 1. The highest BCUT2D eigenvalue weighted by molar-refractivity contribution is 5.96. The maximum atomic E-state index is 11.6. The number of anilines is 1. The molecule has 0 saturated carbocycles. The van der Waals surface area contributed by atoms with E-state index in [4.69, 9.17) is 5.73 Å². The van der Waals surface area contributed by atoms with Crippen LogP contribution in [0, 0.1) is 6.92 Å². The smallest absolute Gasteiger partial charge is 0.253 e. The summed E-state index contributed by atoms with van der Waals surface area (Å²) in [5.74, 6) is -0.00944.